The molecule has 5 rings (SSSR count). The molecule has 0 radical (unpaired) electrons. The van der Waals surface area contributed by atoms with Gasteiger partial charge >= 0.3 is 0 Å². The van der Waals surface area contributed by atoms with Gasteiger partial charge in [-0.25, -0.2) is 4.98 Å². The van der Waals surface area contributed by atoms with Crippen LogP contribution < -0.4 is 5.56 Å². The molecule has 5 nitrogen and oxygen atoms in total. The Bertz CT molecular complexity index is 1270. The van der Waals surface area contributed by atoms with Gasteiger partial charge in [0.15, 0.2) is 0 Å². The number of benzene rings is 1. The number of fused-ring (bicyclic) bond motifs is 2. The van der Waals surface area contributed by atoms with E-state index in [1.807, 2.05) is 12.1 Å². The van der Waals surface area contributed by atoms with Gasteiger partial charge in [-0.05, 0) is 67.5 Å². The molecule has 1 fully saturated rings. The van der Waals surface area contributed by atoms with Crippen LogP contribution in [0.15, 0.2) is 58.1 Å². The van der Waals surface area contributed by atoms with E-state index < -0.39 is 0 Å². The summed E-state index contributed by atoms with van der Waals surface area (Å²) < 4.78 is 1.53. The number of unbranched alkanes of at least 4 members (excludes halogenated alkanes) is 2. The van der Waals surface area contributed by atoms with Crippen molar-refractivity contribution in [3.8, 4) is 0 Å². The second kappa shape index (κ2) is 8.22. The fraction of sp³-hybridized carbons (Fsp3) is 0.385. The Balaban J connectivity index is 1.59. The van der Waals surface area contributed by atoms with Gasteiger partial charge < -0.3 is 4.57 Å². The Morgan fingerprint density at radius 1 is 1.16 bits per heavy atom. The molecule has 0 saturated heterocycles. The molecule has 0 amide bonds. The third-order valence-corrected chi connectivity index (χ3v) is 6.46. The van der Waals surface area contributed by atoms with Crippen molar-refractivity contribution in [2.75, 3.05) is 0 Å². The maximum absolute atomic E-state index is 12.7. The third-order valence-electron chi connectivity index (χ3n) is 6.46. The number of aromatic nitrogens is 3. The average molecular weight is 413 g/mol. The average Bonchev–Trinajstić information content (AvgIpc) is 3.38. The molecule has 2 aromatic heterocycles. The fourth-order valence-electron chi connectivity index (χ4n) is 4.82. The molecule has 0 N–H and O–H groups in total. The van der Waals surface area contributed by atoms with Crippen molar-refractivity contribution in [1.29, 1.82) is 0 Å². The van der Waals surface area contributed by atoms with E-state index in [2.05, 4.69) is 36.2 Å². The van der Waals surface area contributed by atoms with Crippen LogP contribution in [0.4, 0.5) is 0 Å². The van der Waals surface area contributed by atoms with Gasteiger partial charge in [0.1, 0.15) is 0 Å². The van der Waals surface area contributed by atoms with E-state index in [1.165, 1.54) is 35.0 Å². The van der Waals surface area contributed by atoms with Crippen molar-refractivity contribution in [1.82, 2.24) is 14.5 Å². The van der Waals surface area contributed by atoms with Crippen molar-refractivity contribution >= 4 is 22.2 Å². The zero-order valence-electron chi connectivity index (χ0n) is 18.3. The highest BCUT2D eigenvalue weighted by Gasteiger charge is 2.33. The minimum Gasteiger partial charge on any atom is -0.302 e. The first-order chi connectivity index (χ1) is 15.2. The fourth-order valence-corrected chi connectivity index (χ4v) is 4.82. The highest BCUT2D eigenvalue weighted by Crippen LogP contribution is 2.41. The Hall–Kier alpha value is -3.08. The van der Waals surface area contributed by atoms with Crippen LogP contribution >= 0.6 is 0 Å². The highest BCUT2D eigenvalue weighted by atomic mass is 16.1. The number of nitrogens with zero attached hydrogens (tertiary/aromatic N) is 4. The van der Waals surface area contributed by atoms with E-state index in [1.54, 1.807) is 13.4 Å². The second-order valence-corrected chi connectivity index (χ2v) is 8.65. The lowest BCUT2D eigenvalue weighted by Gasteiger charge is -2.12. The van der Waals surface area contributed by atoms with Gasteiger partial charge in [0.2, 0.25) is 0 Å². The monoisotopic (exact) mass is 412 g/mol. The minimum atomic E-state index is -0.0204. The molecule has 1 unspecified atom stereocenters. The Kier molecular flexibility index (Phi) is 5.26. The number of aryl methyl sites for hydroxylation is 2. The molecule has 1 saturated carbocycles. The van der Waals surface area contributed by atoms with E-state index in [0.29, 0.717) is 5.39 Å². The van der Waals surface area contributed by atoms with Crippen molar-refractivity contribution in [2.45, 2.75) is 57.9 Å². The van der Waals surface area contributed by atoms with E-state index >= 15 is 0 Å². The van der Waals surface area contributed by atoms with Crippen LogP contribution in [-0.4, -0.2) is 26.3 Å². The van der Waals surface area contributed by atoms with E-state index in [4.69, 9.17) is 9.98 Å². The SMILES string of the molecule is CCCCCc1cccc(C2=NC3CCCC3=C2c2ccc3ncn(C)c(=O)c3c2)n1. The Morgan fingerprint density at radius 2 is 2.06 bits per heavy atom. The standard InChI is InChI=1S/C26H28N4O/c1-3-4-5-8-18-9-6-12-23(28-18)25-24(19-10-7-11-22(19)29-25)17-13-14-21-20(15-17)26(31)30(2)16-27-21/h6,9,12-16,22H,3-5,7-8,10-11H2,1-2H3. The van der Waals surface area contributed by atoms with Gasteiger partial charge in [0, 0.05) is 18.3 Å². The maximum atomic E-state index is 12.7. The number of aliphatic imine (C=N–C) groups is 1. The molecule has 3 aromatic rings. The highest BCUT2D eigenvalue weighted by molar-refractivity contribution is 6.33. The molecule has 0 bridgehead atoms. The summed E-state index contributed by atoms with van der Waals surface area (Å²) in [7, 11) is 1.74. The Morgan fingerprint density at radius 3 is 2.94 bits per heavy atom. The zero-order chi connectivity index (χ0) is 21.4. The molecule has 1 aliphatic heterocycles. The van der Waals surface area contributed by atoms with E-state index in [9.17, 15) is 4.79 Å². The maximum Gasteiger partial charge on any atom is 0.260 e. The quantitative estimate of drug-likeness (QED) is 0.543. The predicted octanol–water partition coefficient (Wildman–Crippen LogP) is 4.87. The number of rotatable bonds is 6. The topological polar surface area (TPSA) is 60.1 Å². The smallest absolute Gasteiger partial charge is 0.260 e. The molecule has 1 aromatic carbocycles. The van der Waals surface area contributed by atoms with Crippen LogP contribution in [0.25, 0.3) is 16.5 Å². The number of hydrogen-bond donors (Lipinski definition) is 0. The van der Waals surface area contributed by atoms with Crippen LogP contribution in [0.1, 0.15) is 62.4 Å². The summed E-state index contributed by atoms with van der Waals surface area (Å²) in [5.41, 5.74) is 7.39. The minimum absolute atomic E-state index is 0.0204. The summed E-state index contributed by atoms with van der Waals surface area (Å²) in [5.74, 6) is 0. The molecule has 2 aliphatic rings. The third kappa shape index (κ3) is 3.62. The molecule has 31 heavy (non-hydrogen) atoms. The van der Waals surface area contributed by atoms with Crippen molar-refractivity contribution in [3.05, 3.63) is 75.6 Å². The summed E-state index contributed by atoms with van der Waals surface area (Å²) >= 11 is 0. The predicted molar refractivity (Wildman–Crippen MR) is 126 cm³/mol. The molecular weight excluding hydrogens is 384 g/mol. The van der Waals surface area contributed by atoms with Gasteiger partial charge in [0.25, 0.3) is 5.56 Å². The van der Waals surface area contributed by atoms with Crippen LogP contribution in [0.5, 0.6) is 0 Å². The first-order valence-corrected chi connectivity index (χ1v) is 11.4. The van der Waals surface area contributed by atoms with Crippen LogP contribution in [-0.2, 0) is 13.5 Å². The second-order valence-electron chi connectivity index (χ2n) is 8.65. The summed E-state index contributed by atoms with van der Waals surface area (Å²) in [5, 5.41) is 0.651. The number of allylic oxidation sites excluding steroid dienone is 1. The Labute approximate surface area is 182 Å². The summed E-state index contributed by atoms with van der Waals surface area (Å²) in [6.45, 7) is 2.22. The van der Waals surface area contributed by atoms with Crippen LogP contribution in [0.2, 0.25) is 0 Å². The molecule has 5 heteroatoms. The lowest BCUT2D eigenvalue weighted by molar-refractivity contribution is 0.707. The molecule has 3 heterocycles. The van der Waals surface area contributed by atoms with Crippen LogP contribution in [0.3, 0.4) is 0 Å². The van der Waals surface area contributed by atoms with Crippen molar-refractivity contribution in [3.63, 3.8) is 0 Å². The molecule has 1 atom stereocenters. The van der Waals surface area contributed by atoms with E-state index in [-0.39, 0.29) is 11.6 Å². The van der Waals surface area contributed by atoms with Gasteiger partial charge in [-0.2, -0.15) is 0 Å². The lowest BCUT2D eigenvalue weighted by Crippen LogP contribution is -2.17. The first-order valence-electron chi connectivity index (χ1n) is 11.4. The first kappa shape index (κ1) is 19.9. The largest absolute Gasteiger partial charge is 0.302 e. The van der Waals surface area contributed by atoms with Crippen molar-refractivity contribution in [2.24, 2.45) is 12.0 Å². The van der Waals surface area contributed by atoms with Crippen LogP contribution in [0, 0.1) is 0 Å². The number of pyridine rings is 1. The molecule has 1 aliphatic carbocycles. The summed E-state index contributed by atoms with van der Waals surface area (Å²) in [6, 6.07) is 12.6. The van der Waals surface area contributed by atoms with Gasteiger partial charge in [-0.1, -0.05) is 31.9 Å². The molecule has 0 spiro atoms. The molecule has 158 valence electrons. The normalized spacial score (nSPS) is 18.0. The van der Waals surface area contributed by atoms with Gasteiger partial charge in [-0.15, -0.1) is 0 Å². The zero-order valence-corrected chi connectivity index (χ0v) is 18.3. The molecular formula is C26H28N4O. The van der Waals surface area contributed by atoms with Crippen molar-refractivity contribution < 1.29 is 0 Å². The van der Waals surface area contributed by atoms with Gasteiger partial charge in [0.05, 0.1) is 34.7 Å². The van der Waals surface area contributed by atoms with Gasteiger partial charge in [-0.3, -0.25) is 14.8 Å². The number of hydrogen-bond acceptors (Lipinski definition) is 4. The summed E-state index contributed by atoms with van der Waals surface area (Å²) in [6.07, 6.45) is 9.50. The lowest BCUT2D eigenvalue weighted by atomic mass is 9.93. The van der Waals surface area contributed by atoms with E-state index in [0.717, 1.165) is 53.9 Å². The summed E-state index contributed by atoms with van der Waals surface area (Å²) in [4.78, 5) is 27.2.